The molecule has 2 rings (SSSR count). The van der Waals surface area contributed by atoms with E-state index in [0.29, 0.717) is 28.5 Å². The highest BCUT2D eigenvalue weighted by Gasteiger charge is 2.37. The van der Waals surface area contributed by atoms with Crippen molar-refractivity contribution < 1.29 is 38.5 Å². The molecule has 1 aliphatic rings. The smallest absolute Gasteiger partial charge is 0.336 e. The third-order valence-corrected chi connectivity index (χ3v) is 4.63. The van der Waals surface area contributed by atoms with Crippen molar-refractivity contribution in [2.45, 2.75) is 19.8 Å². The first-order valence-corrected chi connectivity index (χ1v) is 9.18. The number of carbonyl (C=O) groups excluding carboxylic acids is 2. The van der Waals surface area contributed by atoms with Gasteiger partial charge in [-0.15, -0.1) is 10.1 Å². The fourth-order valence-electron chi connectivity index (χ4n) is 3.33. The maximum Gasteiger partial charge on any atom is 0.336 e. The molecule has 1 aliphatic heterocycles. The lowest BCUT2D eigenvalue weighted by molar-refractivity contribution is -0.757. The van der Waals surface area contributed by atoms with E-state index in [4.69, 9.17) is 18.9 Å². The Morgan fingerprint density at radius 1 is 1.00 bits per heavy atom. The number of carbonyl (C=O) groups is 2. The summed E-state index contributed by atoms with van der Waals surface area (Å²) >= 11 is 0. The molecule has 1 aromatic rings. The van der Waals surface area contributed by atoms with Gasteiger partial charge in [0.05, 0.1) is 38.4 Å². The minimum atomic E-state index is -0.910. The number of methoxy groups -OCH3 is 3. The average Bonchev–Trinajstić information content (AvgIpc) is 2.75. The van der Waals surface area contributed by atoms with Crippen LogP contribution in [0, 0.1) is 10.1 Å². The van der Waals surface area contributed by atoms with Crippen LogP contribution < -0.4 is 14.8 Å². The van der Waals surface area contributed by atoms with E-state index < -0.39 is 22.9 Å². The van der Waals surface area contributed by atoms with Crippen molar-refractivity contribution >= 4 is 11.9 Å². The first-order chi connectivity index (χ1) is 14.7. The first kappa shape index (κ1) is 23.5. The first-order valence-electron chi connectivity index (χ1n) is 9.18. The number of hydrogen-bond donors (Lipinski definition) is 1. The number of benzene rings is 1. The van der Waals surface area contributed by atoms with Crippen molar-refractivity contribution in [3.63, 3.8) is 0 Å². The summed E-state index contributed by atoms with van der Waals surface area (Å²) in [6, 6.07) is 4.86. The van der Waals surface area contributed by atoms with Gasteiger partial charge in [-0.3, -0.25) is 0 Å². The molecule has 0 radical (unpaired) electrons. The third-order valence-electron chi connectivity index (χ3n) is 4.63. The normalized spacial score (nSPS) is 14.0. The summed E-state index contributed by atoms with van der Waals surface area (Å²) in [7, 11) is 3.94. The van der Waals surface area contributed by atoms with Crippen LogP contribution in [0.5, 0.6) is 11.5 Å². The fraction of sp³-hybridized carbons (Fsp3) is 0.400. The minimum absolute atomic E-state index is 0.0805. The Kier molecular flexibility index (Phi) is 7.83. The molecule has 0 atom stereocenters. The molecule has 0 spiro atoms. The molecule has 0 aliphatic carbocycles. The van der Waals surface area contributed by atoms with Crippen LogP contribution in [0.1, 0.15) is 25.3 Å². The summed E-state index contributed by atoms with van der Waals surface area (Å²) in [5, 5.41) is 12.4. The Morgan fingerprint density at radius 2 is 1.58 bits per heavy atom. The zero-order valence-corrected chi connectivity index (χ0v) is 17.8. The minimum Gasteiger partial charge on any atom is -0.493 e. The van der Waals surface area contributed by atoms with E-state index in [1.54, 1.807) is 32.0 Å². The lowest BCUT2D eigenvalue weighted by Crippen LogP contribution is -2.32. The Labute approximate surface area is 178 Å². The second-order valence-corrected chi connectivity index (χ2v) is 6.43. The Balaban J connectivity index is 2.49. The van der Waals surface area contributed by atoms with Crippen LogP contribution in [-0.4, -0.2) is 51.6 Å². The van der Waals surface area contributed by atoms with Crippen molar-refractivity contribution in [2.24, 2.45) is 0 Å². The van der Waals surface area contributed by atoms with E-state index in [1.807, 2.05) is 0 Å². The SMILES string of the molecule is COC(=O)C1=C(C)NC(C)=C(C(=O)OC)C1c1ccc(OCCO[N+](=O)[O-])c(OC)c1. The number of dihydropyridines is 1. The quantitative estimate of drug-likeness (QED) is 0.264. The van der Waals surface area contributed by atoms with Gasteiger partial charge < -0.3 is 29.1 Å². The third kappa shape index (κ3) is 5.24. The van der Waals surface area contributed by atoms with Gasteiger partial charge in [0.2, 0.25) is 0 Å². The second kappa shape index (κ2) is 10.3. The predicted octanol–water partition coefficient (Wildman–Crippen LogP) is 1.86. The summed E-state index contributed by atoms with van der Waals surface area (Å²) in [6.45, 7) is 3.08. The monoisotopic (exact) mass is 436 g/mol. The Morgan fingerprint density at radius 3 is 2.06 bits per heavy atom. The van der Waals surface area contributed by atoms with Crippen LogP contribution in [0.2, 0.25) is 0 Å². The van der Waals surface area contributed by atoms with E-state index in [0.717, 1.165) is 0 Å². The summed E-state index contributed by atoms with van der Waals surface area (Å²) in [6.07, 6.45) is 0. The molecule has 0 amide bonds. The highest BCUT2D eigenvalue weighted by Crippen LogP contribution is 2.41. The molecule has 11 heteroatoms. The lowest BCUT2D eigenvalue weighted by atomic mass is 9.80. The lowest BCUT2D eigenvalue weighted by Gasteiger charge is -2.30. The Bertz CT molecular complexity index is 899. The number of rotatable bonds is 9. The second-order valence-electron chi connectivity index (χ2n) is 6.43. The number of esters is 2. The van der Waals surface area contributed by atoms with Crippen LogP contribution >= 0.6 is 0 Å². The van der Waals surface area contributed by atoms with Crippen molar-refractivity contribution in [1.82, 2.24) is 5.32 Å². The molecule has 168 valence electrons. The molecule has 0 fully saturated rings. The molecule has 1 N–H and O–H groups in total. The number of allylic oxidation sites excluding steroid dienone is 2. The van der Waals surface area contributed by atoms with Gasteiger partial charge in [-0.1, -0.05) is 6.07 Å². The number of hydrogen-bond acceptors (Lipinski definition) is 10. The van der Waals surface area contributed by atoms with Gasteiger partial charge in [-0.25, -0.2) is 9.59 Å². The van der Waals surface area contributed by atoms with Gasteiger partial charge in [0.1, 0.15) is 13.2 Å². The zero-order valence-electron chi connectivity index (χ0n) is 17.8. The molecule has 0 saturated heterocycles. The van der Waals surface area contributed by atoms with Gasteiger partial charge in [0.15, 0.2) is 11.5 Å². The standard InChI is InChI=1S/C20H24N2O9/c1-11-16(19(23)28-4)18(17(12(2)21-11)20(24)29-5)13-6-7-14(15(10-13)27-3)30-8-9-31-22(25)26/h6-7,10,18,21H,8-9H2,1-5H3. The highest BCUT2D eigenvalue weighted by molar-refractivity contribution is 5.99. The van der Waals surface area contributed by atoms with Crippen LogP contribution in [0.3, 0.4) is 0 Å². The largest absolute Gasteiger partial charge is 0.493 e. The molecule has 1 aromatic carbocycles. The van der Waals surface area contributed by atoms with Crippen molar-refractivity contribution in [1.29, 1.82) is 0 Å². The van der Waals surface area contributed by atoms with E-state index >= 15 is 0 Å². The van der Waals surface area contributed by atoms with E-state index in [2.05, 4.69) is 10.2 Å². The van der Waals surface area contributed by atoms with E-state index in [1.165, 1.54) is 21.3 Å². The van der Waals surface area contributed by atoms with Gasteiger partial charge in [0, 0.05) is 11.4 Å². The molecule has 0 bridgehead atoms. The topological polar surface area (TPSA) is 135 Å². The molecule has 0 aromatic heterocycles. The summed E-state index contributed by atoms with van der Waals surface area (Å²) in [5.74, 6) is -1.35. The van der Waals surface area contributed by atoms with Gasteiger partial charge in [0.25, 0.3) is 5.09 Å². The van der Waals surface area contributed by atoms with Gasteiger partial charge >= 0.3 is 11.9 Å². The van der Waals surface area contributed by atoms with Crippen LogP contribution in [0.15, 0.2) is 40.7 Å². The highest BCUT2D eigenvalue weighted by atomic mass is 17.0. The fourth-order valence-corrected chi connectivity index (χ4v) is 3.33. The Hall–Kier alpha value is -3.76. The summed E-state index contributed by atoms with van der Waals surface area (Å²) < 4.78 is 20.7. The summed E-state index contributed by atoms with van der Waals surface area (Å²) in [4.78, 5) is 39.6. The molecular weight excluding hydrogens is 412 g/mol. The van der Waals surface area contributed by atoms with Crippen LogP contribution in [0.25, 0.3) is 0 Å². The maximum absolute atomic E-state index is 12.6. The molecular formula is C20H24N2O9. The summed E-state index contributed by atoms with van der Waals surface area (Å²) in [5.41, 5.74) is 2.15. The van der Waals surface area contributed by atoms with Crippen LogP contribution in [-0.2, 0) is 23.9 Å². The zero-order chi connectivity index (χ0) is 23.1. The van der Waals surface area contributed by atoms with Crippen molar-refractivity contribution in [3.8, 4) is 11.5 Å². The molecule has 1 heterocycles. The molecule has 31 heavy (non-hydrogen) atoms. The van der Waals surface area contributed by atoms with E-state index in [-0.39, 0.29) is 24.4 Å². The van der Waals surface area contributed by atoms with Crippen LogP contribution in [0.4, 0.5) is 0 Å². The predicted molar refractivity (Wildman–Crippen MR) is 107 cm³/mol. The number of ether oxygens (including phenoxy) is 4. The molecule has 0 unspecified atom stereocenters. The van der Waals surface area contributed by atoms with E-state index in [9.17, 15) is 19.7 Å². The average molecular weight is 436 g/mol. The van der Waals surface area contributed by atoms with Crippen molar-refractivity contribution in [3.05, 3.63) is 56.4 Å². The molecule has 11 nitrogen and oxygen atoms in total. The number of nitrogens with one attached hydrogen (secondary N) is 1. The van der Waals surface area contributed by atoms with Gasteiger partial charge in [-0.05, 0) is 31.5 Å². The molecule has 0 saturated carbocycles. The maximum atomic E-state index is 12.6. The van der Waals surface area contributed by atoms with Crippen molar-refractivity contribution in [2.75, 3.05) is 34.5 Å². The number of nitrogens with zero attached hydrogens (tertiary/aromatic N) is 1. The van der Waals surface area contributed by atoms with Gasteiger partial charge in [-0.2, -0.15) is 0 Å².